The molecule has 0 radical (unpaired) electrons. The van der Waals surface area contributed by atoms with Crippen LogP contribution in [0.2, 0.25) is 0 Å². The van der Waals surface area contributed by atoms with Gasteiger partial charge < -0.3 is 15.1 Å². The minimum Gasteiger partial charge on any atom is -0.344 e. The maximum absolute atomic E-state index is 12.5. The lowest BCUT2D eigenvalue weighted by atomic mass is 10.1. The summed E-state index contributed by atoms with van der Waals surface area (Å²) in [7, 11) is 0. The van der Waals surface area contributed by atoms with Crippen molar-refractivity contribution in [3.8, 4) is 0 Å². The molecule has 1 atom stereocenters. The first-order valence-corrected chi connectivity index (χ1v) is 8.74. The molecule has 1 aromatic heterocycles. The molecule has 1 unspecified atom stereocenters. The minimum absolute atomic E-state index is 0.0774. The molecule has 0 aliphatic carbocycles. The fraction of sp³-hybridized carbons (Fsp3) is 0.368. The van der Waals surface area contributed by atoms with Crippen molar-refractivity contribution in [3.05, 3.63) is 53.9 Å². The van der Waals surface area contributed by atoms with E-state index in [9.17, 15) is 9.59 Å². The highest BCUT2D eigenvalue weighted by molar-refractivity contribution is 5.92. The first-order valence-electron chi connectivity index (χ1n) is 8.74. The number of piperazine rings is 1. The summed E-state index contributed by atoms with van der Waals surface area (Å²) in [5.74, 6) is 0.370. The predicted molar refractivity (Wildman–Crippen MR) is 98.8 cm³/mol. The van der Waals surface area contributed by atoms with Gasteiger partial charge in [0, 0.05) is 39.3 Å². The fourth-order valence-electron chi connectivity index (χ4n) is 2.94. The summed E-state index contributed by atoms with van der Waals surface area (Å²) in [5, 5.41) is 2.96. The van der Waals surface area contributed by atoms with Crippen LogP contribution in [0, 0.1) is 0 Å². The number of anilines is 1. The van der Waals surface area contributed by atoms with Gasteiger partial charge in [-0.3, -0.25) is 9.59 Å². The molecule has 3 rings (SSSR count). The second-order valence-electron chi connectivity index (χ2n) is 6.34. The Hall–Kier alpha value is -2.96. The van der Waals surface area contributed by atoms with Crippen LogP contribution in [-0.4, -0.2) is 52.9 Å². The van der Waals surface area contributed by atoms with Crippen LogP contribution in [0.1, 0.15) is 35.9 Å². The maximum Gasteiger partial charge on any atom is 0.270 e. The molecule has 26 heavy (non-hydrogen) atoms. The van der Waals surface area contributed by atoms with E-state index in [1.54, 1.807) is 24.1 Å². The van der Waals surface area contributed by atoms with Gasteiger partial charge in [-0.15, -0.1) is 0 Å². The second-order valence-corrected chi connectivity index (χ2v) is 6.34. The zero-order chi connectivity index (χ0) is 18.5. The molecule has 7 heteroatoms. The van der Waals surface area contributed by atoms with Crippen molar-refractivity contribution in [1.82, 2.24) is 20.2 Å². The van der Waals surface area contributed by atoms with Crippen LogP contribution in [0.3, 0.4) is 0 Å². The number of aromatic nitrogens is 2. The smallest absolute Gasteiger partial charge is 0.270 e. The summed E-state index contributed by atoms with van der Waals surface area (Å²) < 4.78 is 0. The molecule has 0 saturated carbocycles. The monoisotopic (exact) mass is 353 g/mol. The molecule has 2 amide bonds. The molecule has 2 aromatic rings. The van der Waals surface area contributed by atoms with Gasteiger partial charge >= 0.3 is 0 Å². The van der Waals surface area contributed by atoms with E-state index >= 15 is 0 Å². The number of nitrogens with one attached hydrogen (secondary N) is 1. The summed E-state index contributed by atoms with van der Waals surface area (Å²) in [6, 6.07) is 11.3. The van der Waals surface area contributed by atoms with E-state index in [0.29, 0.717) is 37.8 Å². The molecule has 1 aromatic carbocycles. The Kier molecular flexibility index (Phi) is 5.46. The zero-order valence-corrected chi connectivity index (χ0v) is 15.1. The average Bonchev–Trinajstić information content (AvgIpc) is 2.68. The van der Waals surface area contributed by atoms with E-state index in [1.807, 2.05) is 42.2 Å². The normalized spacial score (nSPS) is 15.5. The Labute approximate surface area is 153 Å². The highest BCUT2D eigenvalue weighted by Gasteiger charge is 2.21. The molecule has 1 aliphatic rings. The highest BCUT2D eigenvalue weighted by atomic mass is 16.2. The molecular formula is C19H23N5O2. The van der Waals surface area contributed by atoms with Gasteiger partial charge in [-0.05, 0) is 18.6 Å². The van der Waals surface area contributed by atoms with Crippen molar-refractivity contribution in [1.29, 1.82) is 0 Å². The van der Waals surface area contributed by atoms with Gasteiger partial charge in [-0.25, -0.2) is 9.97 Å². The lowest BCUT2D eigenvalue weighted by Gasteiger charge is -2.34. The summed E-state index contributed by atoms with van der Waals surface area (Å²) in [6.07, 6.45) is 1.60. The summed E-state index contributed by atoms with van der Waals surface area (Å²) >= 11 is 0. The number of benzene rings is 1. The third-order valence-electron chi connectivity index (χ3n) is 4.53. The van der Waals surface area contributed by atoms with Crippen LogP contribution in [0.25, 0.3) is 0 Å². The molecule has 0 spiro atoms. The number of amides is 2. The molecule has 2 heterocycles. The molecule has 136 valence electrons. The quantitative estimate of drug-likeness (QED) is 0.904. The Bertz CT molecular complexity index is 773. The second kappa shape index (κ2) is 7.95. The number of nitrogens with zero attached hydrogens (tertiary/aromatic N) is 4. The van der Waals surface area contributed by atoms with Crippen molar-refractivity contribution in [2.75, 3.05) is 31.1 Å². The van der Waals surface area contributed by atoms with Crippen LogP contribution in [-0.2, 0) is 4.79 Å². The Morgan fingerprint density at radius 1 is 1.08 bits per heavy atom. The van der Waals surface area contributed by atoms with E-state index < -0.39 is 0 Å². The largest absolute Gasteiger partial charge is 0.344 e. The van der Waals surface area contributed by atoms with Gasteiger partial charge in [-0.1, -0.05) is 30.3 Å². The molecule has 1 saturated heterocycles. The average molecular weight is 353 g/mol. The van der Waals surface area contributed by atoms with Crippen LogP contribution in [0.15, 0.2) is 42.6 Å². The Morgan fingerprint density at radius 3 is 2.42 bits per heavy atom. The van der Waals surface area contributed by atoms with Crippen LogP contribution >= 0.6 is 0 Å². The van der Waals surface area contributed by atoms with E-state index in [0.717, 1.165) is 5.56 Å². The Morgan fingerprint density at radius 2 is 1.77 bits per heavy atom. The summed E-state index contributed by atoms with van der Waals surface area (Å²) in [4.78, 5) is 36.5. The molecule has 1 aliphatic heterocycles. The molecule has 0 bridgehead atoms. The highest BCUT2D eigenvalue weighted by Crippen LogP contribution is 2.14. The third-order valence-corrected chi connectivity index (χ3v) is 4.53. The lowest BCUT2D eigenvalue weighted by molar-refractivity contribution is -0.129. The molecular weight excluding hydrogens is 330 g/mol. The van der Waals surface area contributed by atoms with Gasteiger partial charge in [0.05, 0.1) is 6.04 Å². The number of carbonyl (C=O) groups excluding carboxylic acids is 2. The first kappa shape index (κ1) is 17.8. The summed E-state index contributed by atoms with van der Waals surface area (Å²) in [5.41, 5.74) is 1.38. The third kappa shape index (κ3) is 4.17. The number of carbonyl (C=O) groups is 2. The lowest BCUT2D eigenvalue weighted by Crippen LogP contribution is -2.48. The van der Waals surface area contributed by atoms with Gasteiger partial charge in [0.15, 0.2) is 0 Å². The van der Waals surface area contributed by atoms with Crippen LogP contribution < -0.4 is 10.2 Å². The van der Waals surface area contributed by atoms with Crippen molar-refractivity contribution >= 4 is 17.8 Å². The van der Waals surface area contributed by atoms with Crippen molar-refractivity contribution in [2.45, 2.75) is 19.9 Å². The van der Waals surface area contributed by atoms with Gasteiger partial charge in [0.2, 0.25) is 11.9 Å². The molecule has 1 fully saturated rings. The van der Waals surface area contributed by atoms with Crippen molar-refractivity contribution < 1.29 is 9.59 Å². The van der Waals surface area contributed by atoms with E-state index in [1.165, 1.54) is 0 Å². The Balaban J connectivity index is 1.65. The number of hydrogen-bond donors (Lipinski definition) is 1. The maximum atomic E-state index is 12.5. The topological polar surface area (TPSA) is 78.4 Å². The van der Waals surface area contributed by atoms with E-state index in [2.05, 4.69) is 15.3 Å². The number of rotatable bonds is 4. The zero-order valence-electron chi connectivity index (χ0n) is 15.1. The van der Waals surface area contributed by atoms with E-state index in [-0.39, 0.29) is 17.9 Å². The van der Waals surface area contributed by atoms with Crippen molar-refractivity contribution in [2.24, 2.45) is 0 Å². The summed E-state index contributed by atoms with van der Waals surface area (Å²) in [6.45, 7) is 6.11. The first-order chi connectivity index (χ1) is 12.5. The van der Waals surface area contributed by atoms with Gasteiger partial charge in [0.25, 0.3) is 5.91 Å². The number of hydrogen-bond acceptors (Lipinski definition) is 5. The molecule has 7 nitrogen and oxygen atoms in total. The van der Waals surface area contributed by atoms with Crippen LogP contribution in [0.5, 0.6) is 0 Å². The predicted octanol–water partition coefficient (Wildman–Crippen LogP) is 1.64. The van der Waals surface area contributed by atoms with E-state index in [4.69, 9.17) is 0 Å². The SMILES string of the molecule is CC(=O)N1CCN(c2nccc(C(=O)NC(C)c3ccccc3)n2)CC1. The minimum atomic E-state index is -0.229. The van der Waals surface area contributed by atoms with Gasteiger partial charge in [-0.2, -0.15) is 0 Å². The van der Waals surface area contributed by atoms with Crippen molar-refractivity contribution in [3.63, 3.8) is 0 Å². The molecule has 1 N–H and O–H groups in total. The standard InChI is InChI=1S/C19H23N5O2/c1-14(16-6-4-3-5-7-16)21-18(26)17-8-9-20-19(22-17)24-12-10-23(11-13-24)15(2)25/h3-9,14H,10-13H2,1-2H3,(H,21,26). The van der Waals surface area contributed by atoms with Gasteiger partial charge in [0.1, 0.15) is 5.69 Å². The fourth-order valence-corrected chi connectivity index (χ4v) is 2.94. The van der Waals surface area contributed by atoms with Crippen LogP contribution in [0.4, 0.5) is 5.95 Å².